The second-order valence-electron chi connectivity index (χ2n) is 5.93. The smallest absolute Gasteiger partial charge is 0.261 e. The van der Waals surface area contributed by atoms with E-state index in [-0.39, 0.29) is 11.0 Å². The molecule has 27 heavy (non-hydrogen) atoms. The van der Waals surface area contributed by atoms with Gasteiger partial charge in [-0.1, -0.05) is 15.9 Å². The van der Waals surface area contributed by atoms with Crippen molar-refractivity contribution >= 4 is 50.5 Å². The second-order valence-corrected chi connectivity index (χ2v) is 7.25. The highest BCUT2D eigenvalue weighted by Gasteiger charge is 2.16. The van der Waals surface area contributed by atoms with Crippen molar-refractivity contribution in [3.05, 3.63) is 52.0 Å². The number of hydrogen-bond acceptors (Lipinski definition) is 4. The van der Waals surface area contributed by atoms with Crippen LogP contribution in [0.3, 0.4) is 0 Å². The molecule has 2 N–H and O–H groups in total. The lowest BCUT2D eigenvalue weighted by Gasteiger charge is -2.21. The van der Waals surface area contributed by atoms with Crippen molar-refractivity contribution in [2.45, 2.75) is 20.8 Å². The lowest BCUT2D eigenvalue weighted by atomic mass is 10.1. The molecule has 0 aliphatic carbocycles. The van der Waals surface area contributed by atoms with Crippen LogP contribution in [-0.2, 0) is 0 Å². The number of amides is 1. The van der Waals surface area contributed by atoms with E-state index in [0.717, 1.165) is 34.5 Å². The Kier molecular flexibility index (Phi) is 7.62. The van der Waals surface area contributed by atoms with Gasteiger partial charge >= 0.3 is 0 Å². The van der Waals surface area contributed by atoms with Crippen molar-refractivity contribution in [1.82, 2.24) is 5.32 Å². The van der Waals surface area contributed by atoms with Crippen LogP contribution in [0.4, 0.5) is 11.4 Å². The van der Waals surface area contributed by atoms with E-state index in [1.807, 2.05) is 37.3 Å². The third kappa shape index (κ3) is 5.43. The van der Waals surface area contributed by atoms with E-state index in [4.69, 9.17) is 17.0 Å². The number of thiocarbonyl (C=S) groups is 1. The summed E-state index contributed by atoms with van der Waals surface area (Å²) in [6.45, 7) is 8.03. The molecular formula is C20H24BrN3O2S. The van der Waals surface area contributed by atoms with Crippen molar-refractivity contribution in [3.63, 3.8) is 0 Å². The molecule has 0 unspecified atom stereocenters. The van der Waals surface area contributed by atoms with Gasteiger partial charge in [-0.05, 0) is 75.0 Å². The number of carbonyl (C=O) groups is 1. The lowest BCUT2D eigenvalue weighted by molar-refractivity contribution is 0.0974. The molecule has 0 saturated heterocycles. The molecule has 2 aromatic carbocycles. The molecule has 0 saturated carbocycles. The zero-order valence-electron chi connectivity index (χ0n) is 15.9. The fourth-order valence-electron chi connectivity index (χ4n) is 2.85. The Morgan fingerprint density at radius 2 is 1.81 bits per heavy atom. The molecule has 0 spiro atoms. The highest BCUT2D eigenvalue weighted by molar-refractivity contribution is 9.10. The largest absolute Gasteiger partial charge is 0.496 e. The van der Waals surface area contributed by atoms with Gasteiger partial charge in [0, 0.05) is 28.9 Å². The van der Waals surface area contributed by atoms with Crippen LogP contribution in [0.2, 0.25) is 0 Å². The fraction of sp³-hybridized carbons (Fsp3) is 0.300. The minimum atomic E-state index is -0.325. The highest BCUT2D eigenvalue weighted by Crippen LogP contribution is 2.27. The van der Waals surface area contributed by atoms with Crippen molar-refractivity contribution < 1.29 is 9.53 Å². The van der Waals surface area contributed by atoms with Gasteiger partial charge in [0.05, 0.1) is 12.7 Å². The molecule has 5 nitrogen and oxygen atoms in total. The van der Waals surface area contributed by atoms with E-state index >= 15 is 0 Å². The zero-order valence-corrected chi connectivity index (χ0v) is 18.3. The molecule has 0 heterocycles. The van der Waals surface area contributed by atoms with Crippen LogP contribution in [0.5, 0.6) is 5.75 Å². The third-order valence-electron chi connectivity index (χ3n) is 4.17. The van der Waals surface area contributed by atoms with Gasteiger partial charge in [0.25, 0.3) is 5.91 Å². The number of anilines is 2. The minimum absolute atomic E-state index is 0.232. The zero-order chi connectivity index (χ0) is 20.0. The Hall–Kier alpha value is -2.12. The molecule has 0 aliphatic heterocycles. The van der Waals surface area contributed by atoms with E-state index in [1.165, 1.54) is 0 Å². The maximum Gasteiger partial charge on any atom is 0.261 e. The first kappa shape index (κ1) is 21.2. The molecule has 2 rings (SSSR count). The molecule has 0 aliphatic rings. The molecule has 144 valence electrons. The number of methoxy groups -OCH3 is 1. The average Bonchev–Trinajstić information content (AvgIpc) is 2.63. The van der Waals surface area contributed by atoms with Crippen molar-refractivity contribution in [3.8, 4) is 5.75 Å². The summed E-state index contributed by atoms with van der Waals surface area (Å²) in [5.74, 6) is 0.204. The van der Waals surface area contributed by atoms with Crippen molar-refractivity contribution in [2.75, 3.05) is 30.4 Å². The number of ether oxygens (including phenoxy) is 1. The number of benzene rings is 2. The van der Waals surface area contributed by atoms with Crippen LogP contribution in [0.1, 0.15) is 29.8 Å². The van der Waals surface area contributed by atoms with Gasteiger partial charge in [-0.2, -0.15) is 0 Å². The van der Waals surface area contributed by atoms with Crippen LogP contribution in [0, 0.1) is 6.92 Å². The van der Waals surface area contributed by atoms with Gasteiger partial charge in [0.1, 0.15) is 5.75 Å². The number of aryl methyl sites for hydroxylation is 1. The van der Waals surface area contributed by atoms with Gasteiger partial charge in [-0.15, -0.1) is 0 Å². The number of nitrogens with zero attached hydrogens (tertiary/aromatic N) is 1. The maximum absolute atomic E-state index is 12.6. The van der Waals surface area contributed by atoms with E-state index in [0.29, 0.717) is 11.3 Å². The number of halogens is 1. The second kappa shape index (κ2) is 9.71. The Morgan fingerprint density at radius 3 is 2.37 bits per heavy atom. The Labute approximate surface area is 174 Å². The van der Waals surface area contributed by atoms with E-state index < -0.39 is 0 Å². The number of rotatable bonds is 6. The maximum atomic E-state index is 12.6. The summed E-state index contributed by atoms with van der Waals surface area (Å²) in [5.41, 5.74) is 3.25. The van der Waals surface area contributed by atoms with E-state index in [2.05, 4.69) is 45.3 Å². The van der Waals surface area contributed by atoms with E-state index in [1.54, 1.807) is 13.2 Å². The first-order valence-corrected chi connectivity index (χ1v) is 9.91. The van der Waals surface area contributed by atoms with Crippen LogP contribution < -0.4 is 20.3 Å². The van der Waals surface area contributed by atoms with Crippen LogP contribution in [0.25, 0.3) is 0 Å². The lowest BCUT2D eigenvalue weighted by Crippen LogP contribution is -2.34. The first-order chi connectivity index (χ1) is 12.9. The normalized spacial score (nSPS) is 10.3. The Balaban J connectivity index is 2.07. The van der Waals surface area contributed by atoms with E-state index in [9.17, 15) is 4.79 Å². The Bertz CT molecular complexity index is 821. The summed E-state index contributed by atoms with van der Waals surface area (Å²) in [5, 5.41) is 5.98. The Morgan fingerprint density at radius 1 is 1.19 bits per heavy atom. The number of nitrogens with one attached hydrogen (secondary N) is 2. The molecule has 0 bridgehead atoms. The summed E-state index contributed by atoms with van der Waals surface area (Å²) in [6, 6.07) is 11.5. The topological polar surface area (TPSA) is 53.6 Å². The summed E-state index contributed by atoms with van der Waals surface area (Å²) in [4.78, 5) is 14.9. The van der Waals surface area contributed by atoms with Crippen LogP contribution >= 0.6 is 28.1 Å². The quantitative estimate of drug-likeness (QED) is 0.623. The first-order valence-electron chi connectivity index (χ1n) is 8.71. The molecule has 7 heteroatoms. The predicted molar refractivity (Wildman–Crippen MR) is 119 cm³/mol. The monoisotopic (exact) mass is 449 g/mol. The SMILES string of the molecule is CCN(CC)c1ccc(NC(=S)NC(=O)c2cc(Br)cc(C)c2OC)cc1. The molecule has 0 fully saturated rings. The predicted octanol–water partition coefficient (Wildman–Crippen LogP) is 4.74. The van der Waals surface area contributed by atoms with Crippen molar-refractivity contribution in [2.24, 2.45) is 0 Å². The van der Waals surface area contributed by atoms with Gasteiger partial charge in [0.2, 0.25) is 0 Å². The molecule has 1 amide bonds. The minimum Gasteiger partial charge on any atom is -0.496 e. The van der Waals surface area contributed by atoms with Gasteiger partial charge in [0.15, 0.2) is 5.11 Å². The van der Waals surface area contributed by atoms with Crippen LogP contribution in [0.15, 0.2) is 40.9 Å². The average molecular weight is 450 g/mol. The summed E-state index contributed by atoms with van der Waals surface area (Å²) >= 11 is 8.69. The molecule has 0 radical (unpaired) electrons. The number of hydrogen-bond donors (Lipinski definition) is 2. The highest BCUT2D eigenvalue weighted by atomic mass is 79.9. The molecular weight excluding hydrogens is 426 g/mol. The van der Waals surface area contributed by atoms with Gasteiger partial charge < -0.3 is 15.0 Å². The van der Waals surface area contributed by atoms with Crippen LogP contribution in [-0.4, -0.2) is 31.2 Å². The molecule has 2 aromatic rings. The fourth-order valence-corrected chi connectivity index (χ4v) is 3.63. The molecule has 0 aromatic heterocycles. The molecule has 0 atom stereocenters. The summed E-state index contributed by atoms with van der Waals surface area (Å²) < 4.78 is 6.16. The third-order valence-corrected chi connectivity index (χ3v) is 4.83. The van der Waals surface area contributed by atoms with Gasteiger partial charge in [-0.3, -0.25) is 10.1 Å². The summed E-state index contributed by atoms with van der Waals surface area (Å²) in [7, 11) is 1.54. The number of carbonyl (C=O) groups excluding carboxylic acids is 1. The van der Waals surface area contributed by atoms with Gasteiger partial charge in [-0.25, -0.2) is 0 Å². The summed E-state index contributed by atoms with van der Waals surface area (Å²) in [6.07, 6.45) is 0. The van der Waals surface area contributed by atoms with Crippen molar-refractivity contribution in [1.29, 1.82) is 0 Å². The standard InChI is InChI=1S/C20H24BrN3O2S/c1-5-24(6-2)16-9-7-15(8-10-16)22-20(27)23-19(25)17-12-14(21)11-13(3)18(17)26-4/h7-12H,5-6H2,1-4H3,(H2,22,23,25,27).